The molecule has 0 amide bonds. The van der Waals surface area contributed by atoms with Gasteiger partial charge in [0.25, 0.3) is 0 Å². The van der Waals surface area contributed by atoms with Crippen molar-refractivity contribution < 1.29 is 4.79 Å². The Hall–Kier alpha value is -1.49. The first-order valence-electron chi connectivity index (χ1n) is 5.63. The Labute approximate surface area is 104 Å². The molecule has 2 aromatic heterocycles. The van der Waals surface area contributed by atoms with Crippen molar-refractivity contribution in [1.82, 2.24) is 14.8 Å². The molecule has 0 aliphatic carbocycles. The maximum absolute atomic E-state index is 11.4. The zero-order valence-corrected chi connectivity index (χ0v) is 11.0. The van der Waals surface area contributed by atoms with E-state index in [4.69, 9.17) is 0 Å². The number of aromatic nitrogens is 3. The minimum absolute atomic E-state index is 0.0761. The fourth-order valence-electron chi connectivity index (χ4n) is 1.67. The minimum Gasteiger partial charge on any atom is -0.294 e. The van der Waals surface area contributed by atoms with Crippen LogP contribution in [0.2, 0.25) is 0 Å². The first kappa shape index (κ1) is 12.0. The number of carbonyl (C=O) groups is 1. The molecule has 0 aromatic carbocycles. The summed E-state index contributed by atoms with van der Waals surface area (Å²) < 4.78 is 1.90. The zero-order chi connectivity index (χ0) is 12.4. The number of thiazole rings is 1. The van der Waals surface area contributed by atoms with Crippen molar-refractivity contribution in [3.8, 4) is 10.6 Å². The van der Waals surface area contributed by atoms with Crippen LogP contribution in [0.1, 0.15) is 35.6 Å². The van der Waals surface area contributed by atoms with Gasteiger partial charge in [-0.1, -0.05) is 6.92 Å². The van der Waals surface area contributed by atoms with Crippen molar-refractivity contribution in [2.24, 2.45) is 0 Å². The average Bonchev–Trinajstić information content (AvgIpc) is 2.85. The lowest BCUT2D eigenvalue weighted by molar-refractivity contribution is 0.102. The first-order valence-corrected chi connectivity index (χ1v) is 6.44. The van der Waals surface area contributed by atoms with Crippen molar-refractivity contribution in [1.29, 1.82) is 0 Å². The molecule has 0 saturated carbocycles. The van der Waals surface area contributed by atoms with Crippen molar-refractivity contribution in [3.05, 3.63) is 23.0 Å². The zero-order valence-electron chi connectivity index (χ0n) is 10.2. The Morgan fingerprint density at radius 2 is 2.29 bits per heavy atom. The number of rotatable bonds is 4. The van der Waals surface area contributed by atoms with Gasteiger partial charge in [-0.25, -0.2) is 4.98 Å². The molecule has 2 rings (SSSR count). The summed E-state index contributed by atoms with van der Waals surface area (Å²) in [7, 11) is 0. The van der Waals surface area contributed by atoms with Gasteiger partial charge in [0.1, 0.15) is 5.01 Å². The summed E-state index contributed by atoms with van der Waals surface area (Å²) in [5, 5.41) is 5.13. The molecular weight excluding hydrogens is 234 g/mol. The van der Waals surface area contributed by atoms with Crippen LogP contribution in [0, 0.1) is 6.92 Å². The lowest BCUT2D eigenvalue weighted by atomic mass is 10.3. The van der Waals surface area contributed by atoms with Crippen molar-refractivity contribution >= 4 is 17.1 Å². The van der Waals surface area contributed by atoms with Crippen LogP contribution in [-0.4, -0.2) is 20.5 Å². The van der Waals surface area contributed by atoms with Gasteiger partial charge in [-0.05, 0) is 13.3 Å². The van der Waals surface area contributed by atoms with Crippen molar-refractivity contribution in [2.45, 2.75) is 33.7 Å². The van der Waals surface area contributed by atoms with Crippen LogP contribution in [0.25, 0.3) is 10.6 Å². The number of hydrogen-bond acceptors (Lipinski definition) is 4. The standard InChI is InChI=1S/C12H15N3OS/c1-4-5-15-7-10(6-13-15)12-14-8(2)11(17-12)9(3)16/h6-7H,4-5H2,1-3H3. The highest BCUT2D eigenvalue weighted by molar-refractivity contribution is 7.17. The monoisotopic (exact) mass is 249 g/mol. The number of hydrogen-bond donors (Lipinski definition) is 0. The molecular formula is C12H15N3OS. The minimum atomic E-state index is 0.0761. The summed E-state index contributed by atoms with van der Waals surface area (Å²) in [5.41, 5.74) is 1.79. The molecule has 17 heavy (non-hydrogen) atoms. The third kappa shape index (κ3) is 2.44. The average molecular weight is 249 g/mol. The van der Waals surface area contributed by atoms with E-state index in [0.717, 1.165) is 34.1 Å². The maximum Gasteiger partial charge on any atom is 0.171 e. The summed E-state index contributed by atoms with van der Waals surface area (Å²) in [6.45, 7) is 6.46. The van der Waals surface area contributed by atoms with Gasteiger partial charge in [-0.15, -0.1) is 11.3 Å². The normalized spacial score (nSPS) is 10.8. The summed E-state index contributed by atoms with van der Waals surface area (Å²) in [5.74, 6) is 0.0761. The maximum atomic E-state index is 11.4. The van der Waals surface area contributed by atoms with Crippen LogP contribution in [0.5, 0.6) is 0 Å². The van der Waals surface area contributed by atoms with Gasteiger partial charge >= 0.3 is 0 Å². The Kier molecular flexibility index (Phi) is 3.38. The van der Waals surface area contributed by atoms with E-state index in [9.17, 15) is 4.79 Å². The molecule has 0 atom stereocenters. The SMILES string of the molecule is CCCn1cc(-c2nc(C)c(C(C)=O)s2)cn1. The third-order valence-electron chi connectivity index (χ3n) is 2.45. The molecule has 0 bridgehead atoms. The lowest BCUT2D eigenvalue weighted by Gasteiger charge is -1.94. The Balaban J connectivity index is 2.32. The van der Waals surface area contributed by atoms with Gasteiger partial charge in [0, 0.05) is 25.2 Å². The highest BCUT2D eigenvalue weighted by Gasteiger charge is 2.13. The van der Waals surface area contributed by atoms with E-state index >= 15 is 0 Å². The number of carbonyl (C=O) groups excluding carboxylic acids is 1. The van der Waals surface area contributed by atoms with E-state index in [-0.39, 0.29) is 5.78 Å². The highest BCUT2D eigenvalue weighted by Crippen LogP contribution is 2.27. The molecule has 0 unspecified atom stereocenters. The van der Waals surface area contributed by atoms with Gasteiger partial charge in [-0.3, -0.25) is 9.48 Å². The molecule has 0 fully saturated rings. The quantitative estimate of drug-likeness (QED) is 0.783. The Morgan fingerprint density at radius 3 is 2.88 bits per heavy atom. The third-order valence-corrected chi connectivity index (χ3v) is 3.76. The predicted molar refractivity (Wildman–Crippen MR) is 68.4 cm³/mol. The number of ketones is 1. The summed E-state index contributed by atoms with van der Waals surface area (Å²) in [4.78, 5) is 16.5. The van der Waals surface area contributed by atoms with E-state index in [2.05, 4.69) is 17.0 Å². The van der Waals surface area contributed by atoms with Gasteiger partial charge in [0.2, 0.25) is 0 Å². The van der Waals surface area contributed by atoms with Crippen LogP contribution < -0.4 is 0 Å². The second kappa shape index (κ2) is 4.79. The molecule has 0 spiro atoms. The molecule has 0 aliphatic rings. The molecule has 0 aliphatic heterocycles. The number of nitrogens with zero attached hydrogens (tertiary/aromatic N) is 3. The molecule has 2 heterocycles. The van der Waals surface area contributed by atoms with Crippen LogP contribution >= 0.6 is 11.3 Å². The molecule has 4 nitrogen and oxygen atoms in total. The van der Waals surface area contributed by atoms with Crippen LogP contribution in [0.3, 0.4) is 0 Å². The molecule has 0 N–H and O–H groups in total. The smallest absolute Gasteiger partial charge is 0.171 e. The first-order chi connectivity index (χ1) is 8.11. The molecule has 90 valence electrons. The summed E-state index contributed by atoms with van der Waals surface area (Å²) in [6.07, 6.45) is 4.83. The molecule has 0 saturated heterocycles. The van der Waals surface area contributed by atoms with Crippen LogP contribution in [-0.2, 0) is 6.54 Å². The topological polar surface area (TPSA) is 47.8 Å². The molecule has 0 radical (unpaired) electrons. The Bertz CT molecular complexity index is 542. The van der Waals surface area contributed by atoms with Gasteiger partial charge in [0.15, 0.2) is 5.78 Å². The van der Waals surface area contributed by atoms with E-state index in [1.807, 2.05) is 17.8 Å². The van der Waals surface area contributed by atoms with E-state index < -0.39 is 0 Å². The number of Topliss-reactive ketones (excluding diaryl/α,β-unsaturated/α-hetero) is 1. The highest BCUT2D eigenvalue weighted by atomic mass is 32.1. The van der Waals surface area contributed by atoms with E-state index in [1.54, 1.807) is 13.1 Å². The van der Waals surface area contributed by atoms with Crippen molar-refractivity contribution in [2.75, 3.05) is 0 Å². The van der Waals surface area contributed by atoms with Crippen LogP contribution in [0.15, 0.2) is 12.4 Å². The van der Waals surface area contributed by atoms with E-state index in [0.29, 0.717) is 0 Å². The fraction of sp³-hybridized carbons (Fsp3) is 0.417. The van der Waals surface area contributed by atoms with E-state index in [1.165, 1.54) is 11.3 Å². The van der Waals surface area contributed by atoms with Crippen molar-refractivity contribution in [3.63, 3.8) is 0 Å². The van der Waals surface area contributed by atoms with Gasteiger partial charge in [0.05, 0.1) is 16.8 Å². The second-order valence-corrected chi connectivity index (χ2v) is 4.98. The van der Waals surface area contributed by atoms with Gasteiger partial charge < -0.3 is 0 Å². The second-order valence-electron chi connectivity index (χ2n) is 3.98. The molecule has 2 aromatic rings. The predicted octanol–water partition coefficient (Wildman–Crippen LogP) is 2.93. The lowest BCUT2D eigenvalue weighted by Crippen LogP contribution is -1.95. The summed E-state index contributed by atoms with van der Waals surface area (Å²) in [6, 6.07) is 0. The molecule has 5 heteroatoms. The fourth-order valence-corrected chi connectivity index (χ4v) is 2.61. The number of aryl methyl sites for hydroxylation is 2. The van der Waals surface area contributed by atoms with Crippen LogP contribution in [0.4, 0.5) is 0 Å². The van der Waals surface area contributed by atoms with Gasteiger partial charge in [-0.2, -0.15) is 5.10 Å². The summed E-state index contributed by atoms with van der Waals surface area (Å²) >= 11 is 1.44. The Morgan fingerprint density at radius 1 is 1.53 bits per heavy atom. The largest absolute Gasteiger partial charge is 0.294 e.